The largest absolute Gasteiger partial charge is 0.254 e. The molecular weight excluding hydrogens is 306 g/mol. The number of piperidine rings is 1. The molecule has 0 radical (unpaired) electrons. The van der Waals surface area contributed by atoms with E-state index >= 15 is 0 Å². The predicted molar refractivity (Wildman–Crippen MR) is 83.7 cm³/mol. The van der Waals surface area contributed by atoms with E-state index in [1.54, 1.807) is 28.0 Å². The van der Waals surface area contributed by atoms with E-state index in [1.807, 2.05) is 17.5 Å². The van der Waals surface area contributed by atoms with E-state index in [0.29, 0.717) is 13.1 Å². The van der Waals surface area contributed by atoms with Crippen molar-refractivity contribution in [3.63, 3.8) is 0 Å². The van der Waals surface area contributed by atoms with Crippen molar-refractivity contribution in [2.75, 3.05) is 19.3 Å². The molecule has 1 saturated heterocycles. The molecule has 2 aromatic heterocycles. The van der Waals surface area contributed by atoms with Crippen molar-refractivity contribution >= 4 is 21.4 Å². The molecule has 0 spiro atoms. The molecule has 0 unspecified atom stereocenters. The first-order valence-corrected chi connectivity index (χ1v) is 9.58. The summed E-state index contributed by atoms with van der Waals surface area (Å²) in [5.41, 5.74) is 2.00. The molecule has 3 heterocycles. The van der Waals surface area contributed by atoms with Gasteiger partial charge in [0.15, 0.2) is 0 Å². The minimum Gasteiger partial charge on any atom is -0.254 e. The summed E-state index contributed by atoms with van der Waals surface area (Å²) in [6.45, 7) is 1.18. The number of aromatic nitrogens is 2. The zero-order valence-electron chi connectivity index (χ0n) is 11.8. The van der Waals surface area contributed by atoms with Crippen LogP contribution in [0.4, 0.5) is 0 Å². The molecule has 7 heteroatoms. The van der Waals surface area contributed by atoms with Gasteiger partial charge in [0.1, 0.15) is 5.01 Å². The Balaban J connectivity index is 1.85. The summed E-state index contributed by atoms with van der Waals surface area (Å²) in [5, 5.41) is 2.82. The zero-order valence-corrected chi connectivity index (χ0v) is 13.4. The van der Waals surface area contributed by atoms with Crippen molar-refractivity contribution < 1.29 is 8.42 Å². The average Bonchev–Trinajstić information content (AvgIpc) is 3.01. The Morgan fingerprint density at radius 1 is 1.33 bits per heavy atom. The summed E-state index contributed by atoms with van der Waals surface area (Å²) in [4.78, 5) is 8.64. The summed E-state index contributed by atoms with van der Waals surface area (Å²) >= 11 is 1.56. The van der Waals surface area contributed by atoms with E-state index in [-0.39, 0.29) is 5.92 Å². The van der Waals surface area contributed by atoms with Crippen LogP contribution in [0.2, 0.25) is 0 Å². The number of rotatable bonds is 3. The van der Waals surface area contributed by atoms with Crippen molar-refractivity contribution in [2.24, 2.45) is 0 Å². The van der Waals surface area contributed by atoms with Gasteiger partial charge < -0.3 is 0 Å². The van der Waals surface area contributed by atoms with Crippen LogP contribution in [0.15, 0.2) is 29.9 Å². The maximum Gasteiger partial charge on any atom is 0.211 e. The van der Waals surface area contributed by atoms with Gasteiger partial charge in [0.05, 0.1) is 11.9 Å². The van der Waals surface area contributed by atoms with E-state index in [4.69, 9.17) is 0 Å². The van der Waals surface area contributed by atoms with Gasteiger partial charge in [-0.3, -0.25) is 4.98 Å². The summed E-state index contributed by atoms with van der Waals surface area (Å²) in [5.74, 6) is 0.232. The summed E-state index contributed by atoms with van der Waals surface area (Å²) < 4.78 is 25.0. The van der Waals surface area contributed by atoms with Crippen LogP contribution < -0.4 is 0 Å². The molecule has 5 nitrogen and oxygen atoms in total. The molecular formula is C14H17N3O2S2. The van der Waals surface area contributed by atoms with Crippen LogP contribution in [0.25, 0.3) is 10.7 Å². The lowest BCUT2D eigenvalue weighted by molar-refractivity contribution is 0.317. The molecule has 21 heavy (non-hydrogen) atoms. The van der Waals surface area contributed by atoms with Crippen LogP contribution in [0.3, 0.4) is 0 Å². The molecule has 0 bridgehead atoms. The maximum absolute atomic E-state index is 11.7. The van der Waals surface area contributed by atoms with Gasteiger partial charge in [0.2, 0.25) is 10.0 Å². The van der Waals surface area contributed by atoms with Gasteiger partial charge in [-0.05, 0) is 36.5 Å². The van der Waals surface area contributed by atoms with E-state index in [9.17, 15) is 8.42 Å². The third-order valence-corrected chi connectivity index (χ3v) is 5.83. The molecule has 112 valence electrons. The molecule has 1 aliphatic heterocycles. The van der Waals surface area contributed by atoms with E-state index in [0.717, 1.165) is 29.1 Å². The average molecular weight is 323 g/mol. The zero-order chi connectivity index (χ0) is 14.9. The van der Waals surface area contributed by atoms with Gasteiger partial charge >= 0.3 is 0 Å². The Bertz CT molecular complexity index is 714. The minimum absolute atomic E-state index is 0.232. The fraction of sp³-hybridized carbons (Fsp3) is 0.429. The third-order valence-electron chi connectivity index (χ3n) is 3.76. The van der Waals surface area contributed by atoms with Crippen LogP contribution in [-0.4, -0.2) is 42.0 Å². The second-order valence-corrected chi connectivity index (χ2v) is 8.15. The number of hydrogen-bond donors (Lipinski definition) is 0. The number of sulfonamides is 1. The second kappa shape index (κ2) is 5.82. The van der Waals surface area contributed by atoms with Gasteiger partial charge in [0, 0.05) is 30.9 Å². The Labute approximate surface area is 128 Å². The smallest absolute Gasteiger partial charge is 0.211 e. The summed E-state index contributed by atoms with van der Waals surface area (Å²) in [6.07, 6.45) is 6.73. The van der Waals surface area contributed by atoms with E-state index in [1.165, 1.54) is 6.26 Å². The highest BCUT2D eigenvalue weighted by molar-refractivity contribution is 7.88. The first kappa shape index (κ1) is 14.6. The summed E-state index contributed by atoms with van der Waals surface area (Å²) in [6, 6.07) is 4.02. The highest BCUT2D eigenvalue weighted by Crippen LogP contribution is 2.30. The molecule has 0 amide bonds. The van der Waals surface area contributed by atoms with Crippen molar-refractivity contribution in [1.29, 1.82) is 0 Å². The monoisotopic (exact) mass is 323 g/mol. The molecule has 3 rings (SSSR count). The fourth-order valence-electron chi connectivity index (χ4n) is 2.68. The van der Waals surface area contributed by atoms with Crippen molar-refractivity contribution in [2.45, 2.75) is 18.8 Å². The van der Waals surface area contributed by atoms with Gasteiger partial charge in [-0.2, -0.15) is 0 Å². The molecule has 0 saturated carbocycles. The molecule has 0 N–H and O–H groups in total. The first-order chi connectivity index (χ1) is 10.0. The lowest BCUT2D eigenvalue weighted by Gasteiger charge is -2.31. The molecule has 1 aliphatic rings. The normalized spacial score (nSPS) is 20.5. The van der Waals surface area contributed by atoms with Crippen molar-refractivity contribution in [3.05, 3.63) is 35.5 Å². The molecule has 2 aromatic rings. The summed E-state index contributed by atoms with van der Waals surface area (Å²) in [7, 11) is -3.11. The van der Waals surface area contributed by atoms with Crippen LogP contribution >= 0.6 is 11.3 Å². The number of pyridine rings is 1. The number of nitrogens with zero attached hydrogens (tertiary/aromatic N) is 3. The predicted octanol–water partition coefficient (Wildman–Crippen LogP) is 2.34. The van der Waals surface area contributed by atoms with E-state index in [2.05, 4.69) is 9.97 Å². The van der Waals surface area contributed by atoms with E-state index < -0.39 is 10.0 Å². The number of hydrogen-bond acceptors (Lipinski definition) is 5. The minimum atomic E-state index is -3.11. The third kappa shape index (κ3) is 3.30. The molecule has 0 aliphatic carbocycles. The van der Waals surface area contributed by atoms with Crippen LogP contribution in [0, 0.1) is 0 Å². The SMILES string of the molecule is CS(=O)(=O)N1CCC[C@@H](c2ccnc(-c3nccs3)c2)C1. The van der Waals surface area contributed by atoms with Crippen LogP contribution in [-0.2, 0) is 10.0 Å². The van der Waals surface area contributed by atoms with Gasteiger partial charge in [-0.1, -0.05) is 0 Å². The van der Waals surface area contributed by atoms with Gasteiger partial charge in [-0.25, -0.2) is 17.7 Å². The molecule has 1 atom stereocenters. The van der Waals surface area contributed by atoms with Crippen molar-refractivity contribution in [3.8, 4) is 10.7 Å². The highest BCUT2D eigenvalue weighted by atomic mass is 32.2. The number of thiazole rings is 1. The topological polar surface area (TPSA) is 63.2 Å². The lowest BCUT2D eigenvalue weighted by atomic mass is 9.92. The standard InChI is InChI=1S/C14H17N3O2S2/c1-21(18,19)17-7-2-3-12(10-17)11-4-5-15-13(9-11)14-16-6-8-20-14/h4-6,8-9,12H,2-3,7,10H2,1H3/t12-/m1/s1. The second-order valence-electron chi connectivity index (χ2n) is 5.27. The Morgan fingerprint density at radius 3 is 2.90 bits per heavy atom. The van der Waals surface area contributed by atoms with Crippen LogP contribution in [0.5, 0.6) is 0 Å². The maximum atomic E-state index is 11.7. The Kier molecular flexibility index (Phi) is 4.05. The van der Waals surface area contributed by atoms with Gasteiger partial charge in [-0.15, -0.1) is 11.3 Å². The Morgan fingerprint density at radius 2 is 2.19 bits per heavy atom. The fourth-order valence-corrected chi connectivity index (χ4v) is 4.20. The lowest BCUT2D eigenvalue weighted by Crippen LogP contribution is -2.38. The molecule has 0 aromatic carbocycles. The first-order valence-electron chi connectivity index (χ1n) is 6.85. The van der Waals surface area contributed by atoms with Crippen molar-refractivity contribution in [1.82, 2.24) is 14.3 Å². The van der Waals surface area contributed by atoms with Gasteiger partial charge in [0.25, 0.3) is 0 Å². The quantitative estimate of drug-likeness (QED) is 0.870. The van der Waals surface area contributed by atoms with Crippen LogP contribution in [0.1, 0.15) is 24.3 Å². The Hall–Kier alpha value is -1.31. The highest BCUT2D eigenvalue weighted by Gasteiger charge is 2.27. The molecule has 1 fully saturated rings.